The summed E-state index contributed by atoms with van der Waals surface area (Å²) < 4.78 is 0. The van der Waals surface area contributed by atoms with Crippen molar-refractivity contribution in [1.29, 1.82) is 0 Å². The number of benzene rings is 1. The molecule has 2 aliphatic rings. The molecule has 0 aliphatic carbocycles. The van der Waals surface area contributed by atoms with Gasteiger partial charge in [-0.2, -0.15) is 0 Å². The molecule has 1 aromatic rings. The topological polar surface area (TPSA) is 15.3 Å². The number of hydrogen-bond acceptors (Lipinski definition) is 3. The molecular weight excluding hydrogens is 252 g/mol. The van der Waals surface area contributed by atoms with Crippen LogP contribution in [-0.2, 0) is 6.42 Å². The molecule has 2 unspecified atom stereocenters. The Kier molecular flexibility index (Phi) is 4.46. The molecule has 1 aromatic carbocycles. The summed E-state index contributed by atoms with van der Waals surface area (Å²) in [4.78, 5) is 4.08. The second-order valence-corrected chi connectivity index (χ2v) is 7.21. The monoisotopic (exact) mass is 276 g/mol. The second kappa shape index (κ2) is 6.29. The first-order valence-electron chi connectivity index (χ1n) is 7.51. The smallest absolute Gasteiger partial charge is 0.0260 e. The lowest BCUT2D eigenvalue weighted by molar-refractivity contribution is 0.299. The van der Waals surface area contributed by atoms with E-state index >= 15 is 0 Å². The molecule has 3 heteroatoms. The fourth-order valence-electron chi connectivity index (χ4n) is 3.12. The first kappa shape index (κ1) is 13.5. The number of hydrogen-bond donors (Lipinski definition) is 1. The highest BCUT2D eigenvalue weighted by Crippen LogP contribution is 2.36. The molecule has 0 aromatic heterocycles. The molecule has 1 N–H and O–H groups in total. The van der Waals surface area contributed by atoms with Gasteiger partial charge in [0.25, 0.3) is 0 Å². The lowest BCUT2D eigenvalue weighted by atomic mass is 10.1. The third-order valence-corrected chi connectivity index (χ3v) is 5.46. The molecular formula is C16H24N2S. The van der Waals surface area contributed by atoms with Crippen molar-refractivity contribution >= 4 is 11.8 Å². The molecule has 1 fully saturated rings. The van der Waals surface area contributed by atoms with Gasteiger partial charge in [-0.15, -0.1) is 11.8 Å². The lowest BCUT2D eigenvalue weighted by Crippen LogP contribution is -2.40. The van der Waals surface area contributed by atoms with Gasteiger partial charge in [-0.1, -0.05) is 18.2 Å². The Morgan fingerprint density at radius 2 is 2.11 bits per heavy atom. The Bertz CT molecular complexity index is 390. The van der Waals surface area contributed by atoms with Crippen LogP contribution in [0.3, 0.4) is 0 Å². The minimum Gasteiger partial charge on any atom is -0.312 e. The van der Waals surface area contributed by atoms with Gasteiger partial charge in [0.05, 0.1) is 0 Å². The van der Waals surface area contributed by atoms with Crippen LogP contribution in [0.25, 0.3) is 0 Å². The number of nitrogens with one attached hydrogen (secondary N) is 1. The minimum atomic E-state index is 0.613. The molecule has 3 rings (SSSR count). The van der Waals surface area contributed by atoms with Crippen molar-refractivity contribution in [2.45, 2.75) is 42.4 Å². The van der Waals surface area contributed by atoms with E-state index in [4.69, 9.17) is 0 Å². The van der Waals surface area contributed by atoms with E-state index in [9.17, 15) is 0 Å². The maximum absolute atomic E-state index is 3.72. The van der Waals surface area contributed by atoms with Crippen LogP contribution in [0.15, 0.2) is 29.2 Å². The summed E-state index contributed by atoms with van der Waals surface area (Å²) >= 11 is 2.04. The van der Waals surface area contributed by atoms with Crippen LogP contribution in [0.4, 0.5) is 0 Å². The molecule has 0 radical (unpaired) electrons. The number of fused-ring (bicyclic) bond motifs is 1. The van der Waals surface area contributed by atoms with Gasteiger partial charge in [-0.05, 0) is 50.9 Å². The van der Waals surface area contributed by atoms with Crippen LogP contribution in [0.5, 0.6) is 0 Å². The molecule has 2 aliphatic heterocycles. The molecule has 0 saturated carbocycles. The quantitative estimate of drug-likeness (QED) is 0.890. The van der Waals surface area contributed by atoms with E-state index < -0.39 is 0 Å². The van der Waals surface area contributed by atoms with Gasteiger partial charge >= 0.3 is 0 Å². The van der Waals surface area contributed by atoms with Crippen molar-refractivity contribution in [2.75, 3.05) is 26.2 Å². The molecule has 0 bridgehead atoms. The molecule has 19 heavy (non-hydrogen) atoms. The van der Waals surface area contributed by atoms with Crippen LogP contribution < -0.4 is 5.32 Å². The van der Waals surface area contributed by atoms with Gasteiger partial charge in [0.2, 0.25) is 0 Å². The van der Waals surface area contributed by atoms with E-state index in [1.165, 1.54) is 49.4 Å². The first-order chi connectivity index (χ1) is 9.31. The Morgan fingerprint density at radius 3 is 2.89 bits per heavy atom. The molecule has 1 saturated heterocycles. The first-order valence-corrected chi connectivity index (χ1v) is 8.39. The van der Waals surface area contributed by atoms with Gasteiger partial charge in [-0.25, -0.2) is 0 Å². The molecule has 2 atom stereocenters. The molecule has 0 amide bonds. The molecule has 0 spiro atoms. The van der Waals surface area contributed by atoms with Crippen LogP contribution in [-0.4, -0.2) is 42.4 Å². The molecule has 104 valence electrons. The van der Waals surface area contributed by atoms with Crippen molar-refractivity contribution in [2.24, 2.45) is 0 Å². The predicted molar refractivity (Wildman–Crippen MR) is 82.9 cm³/mol. The normalized spacial score (nSPS) is 24.6. The van der Waals surface area contributed by atoms with E-state index in [1.807, 2.05) is 11.8 Å². The maximum Gasteiger partial charge on any atom is 0.0260 e. The average Bonchev–Trinajstić information content (AvgIpc) is 3.04. The Balaban J connectivity index is 1.41. The van der Waals surface area contributed by atoms with Crippen molar-refractivity contribution in [1.82, 2.24) is 10.2 Å². The average molecular weight is 276 g/mol. The van der Waals surface area contributed by atoms with E-state index in [-0.39, 0.29) is 0 Å². The summed E-state index contributed by atoms with van der Waals surface area (Å²) in [5.74, 6) is 0. The van der Waals surface area contributed by atoms with Crippen LogP contribution in [0.1, 0.15) is 25.3 Å². The zero-order valence-corrected chi connectivity index (χ0v) is 12.6. The highest BCUT2D eigenvalue weighted by molar-refractivity contribution is 8.00. The highest BCUT2D eigenvalue weighted by atomic mass is 32.2. The molecule has 2 heterocycles. The number of likely N-dealkylation sites (tertiary alicyclic amines) is 1. The standard InChI is InChI=1S/C16H24N2S/c1-13(12-18-8-4-5-9-18)17-11-15-10-14-6-2-3-7-16(14)19-15/h2-3,6-7,13,15,17H,4-5,8-12H2,1H3. The van der Waals surface area contributed by atoms with Crippen molar-refractivity contribution in [3.05, 3.63) is 29.8 Å². The van der Waals surface area contributed by atoms with Crippen LogP contribution in [0, 0.1) is 0 Å². The largest absolute Gasteiger partial charge is 0.312 e. The zero-order chi connectivity index (χ0) is 13.1. The van der Waals surface area contributed by atoms with E-state index in [2.05, 4.69) is 41.4 Å². The van der Waals surface area contributed by atoms with Gasteiger partial charge in [0, 0.05) is 29.3 Å². The summed E-state index contributed by atoms with van der Waals surface area (Å²) in [5, 5.41) is 4.44. The van der Waals surface area contributed by atoms with Crippen molar-refractivity contribution in [3.63, 3.8) is 0 Å². The molecule has 2 nitrogen and oxygen atoms in total. The number of nitrogens with zero attached hydrogens (tertiary/aromatic N) is 1. The van der Waals surface area contributed by atoms with Crippen molar-refractivity contribution < 1.29 is 0 Å². The van der Waals surface area contributed by atoms with Gasteiger partial charge in [-0.3, -0.25) is 0 Å². The number of rotatable bonds is 5. The van der Waals surface area contributed by atoms with E-state index in [0.29, 0.717) is 6.04 Å². The third kappa shape index (κ3) is 3.53. The summed E-state index contributed by atoms with van der Waals surface area (Å²) in [6.45, 7) is 7.27. The van der Waals surface area contributed by atoms with Crippen molar-refractivity contribution in [3.8, 4) is 0 Å². The van der Waals surface area contributed by atoms with Gasteiger partial charge in [0.15, 0.2) is 0 Å². The predicted octanol–water partition coefficient (Wildman–Crippen LogP) is 2.78. The number of thioether (sulfide) groups is 1. The highest BCUT2D eigenvalue weighted by Gasteiger charge is 2.22. The van der Waals surface area contributed by atoms with Crippen LogP contribution >= 0.6 is 11.8 Å². The summed E-state index contributed by atoms with van der Waals surface area (Å²) in [7, 11) is 0. The van der Waals surface area contributed by atoms with Crippen LogP contribution in [0.2, 0.25) is 0 Å². The zero-order valence-electron chi connectivity index (χ0n) is 11.8. The lowest BCUT2D eigenvalue weighted by Gasteiger charge is -2.22. The van der Waals surface area contributed by atoms with E-state index in [0.717, 1.165) is 11.8 Å². The fraction of sp³-hybridized carbons (Fsp3) is 0.625. The SMILES string of the molecule is CC(CN1CCCC1)NCC1Cc2ccccc2S1. The van der Waals surface area contributed by atoms with Gasteiger partial charge < -0.3 is 10.2 Å². The fourth-order valence-corrected chi connectivity index (χ4v) is 4.38. The summed E-state index contributed by atoms with van der Waals surface area (Å²) in [6, 6.07) is 9.45. The summed E-state index contributed by atoms with van der Waals surface area (Å²) in [6.07, 6.45) is 4.01. The maximum atomic E-state index is 3.72. The summed E-state index contributed by atoms with van der Waals surface area (Å²) in [5.41, 5.74) is 1.53. The van der Waals surface area contributed by atoms with E-state index in [1.54, 1.807) is 0 Å². The Hall–Kier alpha value is -0.510. The Labute approximate surface area is 121 Å². The second-order valence-electron chi connectivity index (χ2n) is 5.87. The third-order valence-electron chi connectivity index (χ3n) is 4.14. The minimum absolute atomic E-state index is 0.613. The Morgan fingerprint density at radius 1 is 1.32 bits per heavy atom. The van der Waals surface area contributed by atoms with Gasteiger partial charge in [0.1, 0.15) is 0 Å².